The fourth-order valence-electron chi connectivity index (χ4n) is 4.17. The highest BCUT2D eigenvalue weighted by molar-refractivity contribution is 6.01. The lowest BCUT2D eigenvalue weighted by molar-refractivity contribution is -0.148. The van der Waals surface area contributed by atoms with Gasteiger partial charge in [-0.05, 0) is 43.9 Å². The Morgan fingerprint density at radius 2 is 1.67 bits per heavy atom. The first-order chi connectivity index (χ1) is 16.0. The molecule has 0 bridgehead atoms. The van der Waals surface area contributed by atoms with Gasteiger partial charge in [-0.15, -0.1) is 0 Å². The fourth-order valence-corrected chi connectivity index (χ4v) is 4.17. The normalized spacial score (nSPS) is 15.5. The molecule has 3 rings (SSSR count). The number of rotatable bonds is 9. The second-order valence-electron chi connectivity index (χ2n) is 8.11. The van der Waals surface area contributed by atoms with Gasteiger partial charge in [-0.25, -0.2) is 9.59 Å². The Labute approximate surface area is 195 Å². The van der Waals surface area contributed by atoms with Crippen molar-refractivity contribution < 1.29 is 23.9 Å². The lowest BCUT2D eigenvalue weighted by Crippen LogP contribution is -2.50. The van der Waals surface area contributed by atoms with Gasteiger partial charge in [-0.1, -0.05) is 48.5 Å². The van der Waals surface area contributed by atoms with Crippen LogP contribution in [0.1, 0.15) is 31.4 Å². The summed E-state index contributed by atoms with van der Waals surface area (Å²) in [5.74, 6) is -1.23. The quantitative estimate of drug-likeness (QED) is 0.540. The molecule has 0 saturated carbocycles. The van der Waals surface area contributed by atoms with Crippen LogP contribution in [0, 0.1) is 5.92 Å². The lowest BCUT2D eigenvalue weighted by Gasteiger charge is -2.30. The maximum absolute atomic E-state index is 13.5. The zero-order valence-corrected chi connectivity index (χ0v) is 19.5. The Bertz CT molecular complexity index is 962. The van der Waals surface area contributed by atoms with Crippen LogP contribution in [0.2, 0.25) is 0 Å². The first kappa shape index (κ1) is 24.3. The SMILES string of the molecule is CCOC(=O)[C@H](CCc1ccccc1)CN(C)C(=O)N1c2ccccc2C[C@H]1C(=O)OCC. The van der Waals surface area contributed by atoms with Crippen LogP contribution in [0.5, 0.6) is 0 Å². The van der Waals surface area contributed by atoms with Crippen LogP contribution < -0.4 is 4.90 Å². The number of carbonyl (C=O) groups is 3. The number of esters is 2. The molecule has 0 N–H and O–H groups in total. The Hall–Kier alpha value is -3.35. The van der Waals surface area contributed by atoms with Gasteiger partial charge >= 0.3 is 18.0 Å². The Kier molecular flexibility index (Phi) is 8.46. The van der Waals surface area contributed by atoms with Gasteiger partial charge in [-0.2, -0.15) is 0 Å². The van der Waals surface area contributed by atoms with Gasteiger partial charge in [0.2, 0.25) is 0 Å². The molecule has 1 aliphatic heterocycles. The van der Waals surface area contributed by atoms with Gasteiger partial charge in [0.05, 0.1) is 19.1 Å². The van der Waals surface area contributed by atoms with E-state index in [9.17, 15) is 14.4 Å². The number of hydrogen-bond acceptors (Lipinski definition) is 5. The largest absolute Gasteiger partial charge is 0.466 e. The topological polar surface area (TPSA) is 76.2 Å². The number of urea groups is 1. The van der Waals surface area contributed by atoms with Gasteiger partial charge in [0.25, 0.3) is 0 Å². The van der Waals surface area contributed by atoms with Gasteiger partial charge in [-0.3, -0.25) is 9.69 Å². The molecule has 33 heavy (non-hydrogen) atoms. The minimum absolute atomic E-state index is 0.193. The molecule has 1 aliphatic rings. The molecule has 0 fully saturated rings. The van der Waals surface area contributed by atoms with Gasteiger partial charge in [0.15, 0.2) is 0 Å². The van der Waals surface area contributed by atoms with E-state index >= 15 is 0 Å². The van der Waals surface area contributed by atoms with Crippen molar-refractivity contribution in [3.63, 3.8) is 0 Å². The Morgan fingerprint density at radius 3 is 2.36 bits per heavy atom. The third kappa shape index (κ3) is 5.92. The number of amides is 2. The van der Waals surface area contributed by atoms with Gasteiger partial charge in [0, 0.05) is 25.7 Å². The smallest absolute Gasteiger partial charge is 0.329 e. The van der Waals surface area contributed by atoms with Crippen LogP contribution in [0.15, 0.2) is 54.6 Å². The summed E-state index contributed by atoms with van der Waals surface area (Å²) in [6.07, 6.45) is 1.66. The minimum Gasteiger partial charge on any atom is -0.466 e. The van der Waals surface area contributed by atoms with Gasteiger partial charge in [0.1, 0.15) is 6.04 Å². The predicted molar refractivity (Wildman–Crippen MR) is 126 cm³/mol. The predicted octanol–water partition coefficient (Wildman–Crippen LogP) is 3.84. The number of benzene rings is 2. The van der Waals surface area contributed by atoms with E-state index in [0.29, 0.717) is 24.9 Å². The highest BCUT2D eigenvalue weighted by Crippen LogP contribution is 2.33. The van der Waals surface area contributed by atoms with E-state index in [4.69, 9.17) is 9.47 Å². The lowest BCUT2D eigenvalue weighted by atomic mass is 9.99. The van der Waals surface area contributed by atoms with E-state index < -0.39 is 17.9 Å². The number of fused-ring (bicyclic) bond motifs is 1. The molecule has 2 aromatic rings. The molecular weight excluding hydrogens is 420 g/mol. The third-order valence-electron chi connectivity index (χ3n) is 5.81. The van der Waals surface area contributed by atoms with Crippen molar-refractivity contribution in [2.45, 2.75) is 39.2 Å². The number of aryl methyl sites for hydroxylation is 1. The van der Waals surface area contributed by atoms with Crippen LogP contribution in [-0.2, 0) is 31.9 Å². The van der Waals surface area contributed by atoms with E-state index in [0.717, 1.165) is 11.1 Å². The molecule has 7 nitrogen and oxygen atoms in total. The number of hydrogen-bond donors (Lipinski definition) is 0. The van der Waals surface area contributed by atoms with Crippen LogP contribution in [0.3, 0.4) is 0 Å². The summed E-state index contributed by atoms with van der Waals surface area (Å²) in [6.45, 7) is 4.23. The molecule has 176 valence electrons. The summed E-state index contributed by atoms with van der Waals surface area (Å²) >= 11 is 0. The molecule has 0 aromatic heterocycles. The summed E-state index contributed by atoms with van der Waals surface area (Å²) in [5, 5.41) is 0. The van der Waals surface area contributed by atoms with E-state index in [-0.39, 0.29) is 31.8 Å². The Balaban J connectivity index is 1.76. The van der Waals surface area contributed by atoms with Crippen molar-refractivity contribution in [2.24, 2.45) is 5.92 Å². The van der Waals surface area contributed by atoms with Crippen molar-refractivity contribution in [1.29, 1.82) is 0 Å². The van der Waals surface area contributed by atoms with Crippen molar-refractivity contribution >= 4 is 23.7 Å². The number of para-hydroxylation sites is 1. The zero-order valence-electron chi connectivity index (χ0n) is 19.5. The first-order valence-corrected chi connectivity index (χ1v) is 11.5. The highest BCUT2D eigenvalue weighted by Gasteiger charge is 2.41. The van der Waals surface area contributed by atoms with Crippen LogP contribution in [0.4, 0.5) is 10.5 Å². The van der Waals surface area contributed by atoms with Crippen LogP contribution in [-0.4, -0.2) is 55.7 Å². The average molecular weight is 453 g/mol. The van der Waals surface area contributed by atoms with Crippen LogP contribution >= 0.6 is 0 Å². The third-order valence-corrected chi connectivity index (χ3v) is 5.81. The molecule has 2 atom stereocenters. The summed E-state index contributed by atoms with van der Waals surface area (Å²) in [5.41, 5.74) is 2.74. The summed E-state index contributed by atoms with van der Waals surface area (Å²) in [4.78, 5) is 41.8. The fraction of sp³-hybridized carbons (Fsp3) is 0.423. The molecule has 1 heterocycles. The van der Waals surface area contributed by atoms with E-state index in [1.807, 2.05) is 54.6 Å². The summed E-state index contributed by atoms with van der Waals surface area (Å²) < 4.78 is 10.5. The summed E-state index contributed by atoms with van der Waals surface area (Å²) in [6, 6.07) is 16.3. The molecule has 7 heteroatoms. The van der Waals surface area contributed by atoms with E-state index in [1.165, 1.54) is 9.80 Å². The molecule has 0 unspecified atom stereocenters. The monoisotopic (exact) mass is 452 g/mol. The van der Waals surface area contributed by atoms with Crippen LogP contribution in [0.25, 0.3) is 0 Å². The highest BCUT2D eigenvalue weighted by atomic mass is 16.5. The van der Waals surface area contributed by atoms with Crippen molar-refractivity contribution in [1.82, 2.24) is 4.90 Å². The van der Waals surface area contributed by atoms with Crippen molar-refractivity contribution in [3.05, 3.63) is 65.7 Å². The van der Waals surface area contributed by atoms with Crippen molar-refractivity contribution in [3.8, 4) is 0 Å². The second kappa shape index (κ2) is 11.5. The molecule has 2 amide bonds. The number of ether oxygens (including phenoxy) is 2. The zero-order chi connectivity index (χ0) is 23.8. The van der Waals surface area contributed by atoms with Crippen molar-refractivity contribution in [2.75, 3.05) is 31.7 Å². The molecular formula is C26H32N2O5. The van der Waals surface area contributed by atoms with E-state index in [2.05, 4.69) is 0 Å². The molecule has 0 spiro atoms. The second-order valence-corrected chi connectivity index (χ2v) is 8.11. The number of carbonyl (C=O) groups excluding carboxylic acids is 3. The molecule has 0 saturated heterocycles. The molecule has 0 aliphatic carbocycles. The number of anilines is 1. The average Bonchev–Trinajstić information content (AvgIpc) is 3.21. The summed E-state index contributed by atoms with van der Waals surface area (Å²) in [7, 11) is 1.65. The standard InChI is InChI=1S/C26H32N2O5/c1-4-32-24(29)21(16-15-19-11-7-6-8-12-19)18-27(3)26(31)28-22-14-10-9-13-20(22)17-23(28)25(30)33-5-2/h6-14,21,23H,4-5,15-18H2,1-3H3/t21-,23+/m1/s1. The first-order valence-electron chi connectivity index (χ1n) is 11.5. The molecule has 0 radical (unpaired) electrons. The van der Waals surface area contributed by atoms with Gasteiger partial charge < -0.3 is 14.4 Å². The molecule has 2 aromatic carbocycles. The maximum Gasteiger partial charge on any atom is 0.329 e. The number of nitrogens with zero attached hydrogens (tertiary/aromatic N) is 2. The minimum atomic E-state index is -0.720. The Morgan fingerprint density at radius 1 is 1.00 bits per heavy atom. The van der Waals surface area contributed by atoms with E-state index in [1.54, 1.807) is 20.9 Å². The maximum atomic E-state index is 13.5.